The molecule has 0 aromatic carbocycles. The van der Waals surface area contributed by atoms with Crippen LogP contribution >= 0.6 is 0 Å². The third-order valence-corrected chi connectivity index (χ3v) is 2.55. The van der Waals surface area contributed by atoms with Gasteiger partial charge in [0.2, 0.25) is 0 Å². The monoisotopic (exact) mass is 173 g/mol. The zero-order valence-corrected chi connectivity index (χ0v) is 7.10. The lowest BCUT2D eigenvalue weighted by atomic mass is 9.88. The van der Waals surface area contributed by atoms with Gasteiger partial charge in [0.25, 0.3) is 0 Å². The molecule has 4 atom stereocenters. The molecule has 2 aliphatic rings. The van der Waals surface area contributed by atoms with Crippen LogP contribution in [0.2, 0.25) is 0 Å². The molecule has 0 bridgehead atoms. The van der Waals surface area contributed by atoms with Gasteiger partial charge in [0.05, 0.1) is 5.60 Å². The third kappa shape index (κ3) is 0.925. The summed E-state index contributed by atoms with van der Waals surface area (Å²) in [6.45, 7) is 4.68. The molecule has 2 N–H and O–H groups in total. The van der Waals surface area contributed by atoms with Gasteiger partial charge >= 0.3 is 0 Å². The largest absolute Gasteiger partial charge is 0.387 e. The summed E-state index contributed by atoms with van der Waals surface area (Å²) >= 11 is 0. The molecule has 2 saturated heterocycles. The van der Waals surface area contributed by atoms with Gasteiger partial charge in [0.1, 0.15) is 31.0 Å². The van der Waals surface area contributed by atoms with Gasteiger partial charge < -0.3 is 19.7 Å². The highest BCUT2D eigenvalue weighted by atomic mass is 16.7. The van der Waals surface area contributed by atoms with Crippen LogP contribution in [-0.4, -0.2) is 40.2 Å². The zero-order valence-electron chi connectivity index (χ0n) is 7.10. The summed E-state index contributed by atoms with van der Waals surface area (Å²) < 4.78 is 10.7. The van der Waals surface area contributed by atoms with Crippen LogP contribution in [-0.2, 0) is 9.47 Å². The van der Waals surface area contributed by atoms with E-state index in [1.165, 1.54) is 0 Å². The van der Waals surface area contributed by atoms with Gasteiger partial charge in [-0.25, -0.2) is 0 Å². The van der Waals surface area contributed by atoms with Crippen molar-refractivity contribution < 1.29 is 19.7 Å². The van der Waals surface area contributed by atoms with Gasteiger partial charge in [-0.3, -0.25) is 0 Å². The topological polar surface area (TPSA) is 58.9 Å². The lowest BCUT2D eigenvalue weighted by molar-refractivity contribution is -0.263. The lowest BCUT2D eigenvalue weighted by Gasteiger charge is -2.46. The van der Waals surface area contributed by atoms with Crippen molar-refractivity contribution in [3.05, 3.63) is 6.61 Å². The quantitative estimate of drug-likeness (QED) is 0.578. The minimum atomic E-state index is -0.729. The highest BCUT2D eigenvalue weighted by Crippen LogP contribution is 2.43. The van der Waals surface area contributed by atoms with Crippen molar-refractivity contribution in [3.8, 4) is 0 Å². The third-order valence-electron chi connectivity index (χ3n) is 2.55. The number of aliphatic hydroxyl groups is 2. The van der Waals surface area contributed by atoms with Crippen molar-refractivity contribution >= 4 is 0 Å². The molecular formula is C8H13O4. The van der Waals surface area contributed by atoms with Gasteiger partial charge in [0.15, 0.2) is 0 Å². The Morgan fingerprint density at radius 3 is 2.50 bits per heavy atom. The molecular weight excluding hydrogens is 160 g/mol. The van der Waals surface area contributed by atoms with E-state index in [0.29, 0.717) is 0 Å². The summed E-state index contributed by atoms with van der Waals surface area (Å²) in [7, 11) is 0. The molecule has 0 saturated carbocycles. The normalized spacial score (nSPS) is 50.0. The fraction of sp³-hybridized carbons (Fsp3) is 0.875. The van der Waals surface area contributed by atoms with E-state index in [4.69, 9.17) is 14.6 Å². The molecule has 0 aliphatic carbocycles. The molecule has 1 radical (unpaired) electrons. The Hall–Kier alpha value is -0.160. The Kier molecular flexibility index (Phi) is 1.70. The summed E-state index contributed by atoms with van der Waals surface area (Å²) in [5, 5.41) is 18.2. The smallest absolute Gasteiger partial charge is 0.116 e. The summed E-state index contributed by atoms with van der Waals surface area (Å²) in [6, 6.07) is 0. The number of fused-ring (bicyclic) bond motifs is 1. The minimum absolute atomic E-state index is 0.0964. The van der Waals surface area contributed by atoms with Crippen LogP contribution < -0.4 is 0 Å². The number of hydrogen-bond acceptors (Lipinski definition) is 4. The molecule has 0 amide bonds. The maximum atomic E-state index is 9.47. The SMILES string of the molecule is CC1(C)O[C@@H]2[C@@H](O)[C@@H]([CH]O)O[C@@H]21. The Bertz CT molecular complexity index is 191. The van der Waals surface area contributed by atoms with Crippen molar-refractivity contribution in [1.29, 1.82) is 0 Å². The second kappa shape index (κ2) is 2.42. The van der Waals surface area contributed by atoms with Crippen LogP contribution in [0.5, 0.6) is 0 Å². The Morgan fingerprint density at radius 2 is 2.08 bits per heavy atom. The van der Waals surface area contributed by atoms with Crippen LogP contribution in [0.4, 0.5) is 0 Å². The molecule has 2 aliphatic heterocycles. The number of aliphatic hydroxyl groups excluding tert-OH is 2. The molecule has 0 aromatic rings. The van der Waals surface area contributed by atoms with E-state index in [1.807, 2.05) is 13.8 Å². The first-order chi connectivity index (χ1) is 5.56. The summed E-state index contributed by atoms with van der Waals surface area (Å²) in [6.07, 6.45) is -1.69. The summed E-state index contributed by atoms with van der Waals surface area (Å²) in [5.74, 6) is 0. The highest BCUT2D eigenvalue weighted by Gasteiger charge is 2.60. The molecule has 12 heavy (non-hydrogen) atoms. The Labute approximate surface area is 71.1 Å². The van der Waals surface area contributed by atoms with Gasteiger partial charge in [-0.15, -0.1) is 0 Å². The van der Waals surface area contributed by atoms with Crippen molar-refractivity contribution in [2.45, 2.75) is 43.9 Å². The minimum Gasteiger partial charge on any atom is -0.387 e. The van der Waals surface area contributed by atoms with Gasteiger partial charge in [-0.1, -0.05) is 0 Å². The second-order valence-electron chi connectivity index (χ2n) is 3.85. The van der Waals surface area contributed by atoms with Crippen molar-refractivity contribution in [3.63, 3.8) is 0 Å². The van der Waals surface area contributed by atoms with E-state index in [0.717, 1.165) is 6.61 Å². The maximum absolute atomic E-state index is 9.47. The first-order valence-electron chi connectivity index (χ1n) is 4.05. The van der Waals surface area contributed by atoms with E-state index >= 15 is 0 Å². The fourth-order valence-electron chi connectivity index (χ4n) is 1.85. The molecule has 0 aromatic heterocycles. The summed E-state index contributed by atoms with van der Waals surface area (Å²) in [4.78, 5) is 0. The predicted molar refractivity (Wildman–Crippen MR) is 39.9 cm³/mol. The molecule has 4 nitrogen and oxygen atoms in total. The molecule has 0 spiro atoms. The van der Waals surface area contributed by atoms with E-state index in [-0.39, 0.29) is 17.8 Å². The van der Waals surface area contributed by atoms with E-state index in [1.54, 1.807) is 0 Å². The van der Waals surface area contributed by atoms with E-state index in [2.05, 4.69) is 0 Å². The molecule has 2 rings (SSSR count). The zero-order chi connectivity index (χ0) is 8.93. The highest BCUT2D eigenvalue weighted by molar-refractivity contribution is 5.08. The van der Waals surface area contributed by atoms with Crippen LogP contribution in [0.1, 0.15) is 13.8 Å². The molecule has 2 heterocycles. The van der Waals surface area contributed by atoms with Crippen LogP contribution in [0.15, 0.2) is 0 Å². The average molecular weight is 173 g/mol. The Balaban J connectivity index is 2.07. The fourth-order valence-corrected chi connectivity index (χ4v) is 1.85. The van der Waals surface area contributed by atoms with Gasteiger partial charge in [-0.2, -0.15) is 0 Å². The van der Waals surface area contributed by atoms with E-state index < -0.39 is 12.2 Å². The first-order valence-corrected chi connectivity index (χ1v) is 4.05. The van der Waals surface area contributed by atoms with Crippen LogP contribution in [0.25, 0.3) is 0 Å². The van der Waals surface area contributed by atoms with Crippen molar-refractivity contribution in [2.75, 3.05) is 0 Å². The van der Waals surface area contributed by atoms with Crippen LogP contribution in [0.3, 0.4) is 0 Å². The van der Waals surface area contributed by atoms with Crippen molar-refractivity contribution in [2.24, 2.45) is 0 Å². The standard InChI is InChI=1S/C8H13O4/c1-8(2)7-6(12-8)5(10)4(3-9)11-7/h3-7,9-10H,1-2H3/t4-,5+,6-,7+/m1/s1. The molecule has 69 valence electrons. The van der Waals surface area contributed by atoms with Gasteiger partial charge in [-0.05, 0) is 13.8 Å². The molecule has 2 fully saturated rings. The van der Waals surface area contributed by atoms with Crippen molar-refractivity contribution in [1.82, 2.24) is 0 Å². The van der Waals surface area contributed by atoms with Crippen LogP contribution in [0, 0.1) is 6.61 Å². The molecule has 4 heteroatoms. The summed E-state index contributed by atoms with van der Waals surface area (Å²) in [5.41, 5.74) is -0.330. The second-order valence-corrected chi connectivity index (χ2v) is 3.85. The average Bonchev–Trinajstić information content (AvgIpc) is 2.26. The lowest BCUT2D eigenvalue weighted by Crippen LogP contribution is -2.61. The van der Waals surface area contributed by atoms with E-state index in [9.17, 15) is 5.11 Å². The number of hydrogen-bond donors (Lipinski definition) is 2. The van der Waals surface area contributed by atoms with Gasteiger partial charge in [0, 0.05) is 0 Å². The molecule has 0 unspecified atom stereocenters. The number of rotatable bonds is 1. The Morgan fingerprint density at radius 1 is 1.42 bits per heavy atom. The maximum Gasteiger partial charge on any atom is 0.116 e. The predicted octanol–water partition coefficient (Wildman–Crippen LogP) is -0.174. The number of ether oxygens (including phenoxy) is 2. The first kappa shape index (κ1) is 8.44.